The summed E-state index contributed by atoms with van der Waals surface area (Å²) in [6.45, 7) is 0.368. The maximum absolute atomic E-state index is 5.86. The highest BCUT2D eigenvalue weighted by Gasteiger charge is 2.13. The molecule has 0 aromatic heterocycles. The van der Waals surface area contributed by atoms with Gasteiger partial charge in [-0.1, -0.05) is 18.2 Å². The van der Waals surface area contributed by atoms with Crippen molar-refractivity contribution in [1.29, 1.82) is 0 Å². The summed E-state index contributed by atoms with van der Waals surface area (Å²) < 4.78 is 11.5. The second-order valence-electron chi connectivity index (χ2n) is 5.40. The van der Waals surface area contributed by atoms with Crippen molar-refractivity contribution in [3.8, 4) is 11.5 Å². The van der Waals surface area contributed by atoms with E-state index < -0.39 is 0 Å². The summed E-state index contributed by atoms with van der Waals surface area (Å²) in [6, 6.07) is 15.3. The Bertz CT molecular complexity index is 939. The van der Waals surface area contributed by atoms with Crippen LogP contribution in [0.2, 0.25) is 0 Å². The lowest BCUT2D eigenvalue weighted by Gasteiger charge is -2.06. The number of nitrogens with zero attached hydrogens (tertiary/aromatic N) is 3. The van der Waals surface area contributed by atoms with Gasteiger partial charge in [-0.05, 0) is 36.4 Å². The first kappa shape index (κ1) is 15.1. The number of fused-ring (bicyclic) bond motifs is 5. The van der Waals surface area contributed by atoms with Crippen LogP contribution >= 0.6 is 0 Å². The van der Waals surface area contributed by atoms with Crippen molar-refractivity contribution in [3.63, 3.8) is 0 Å². The molecule has 2 aromatic rings. The molecule has 0 N–H and O–H groups in total. The Hall–Kier alpha value is -3.47. The summed E-state index contributed by atoms with van der Waals surface area (Å²) in [4.78, 5) is 13.2. The van der Waals surface area contributed by atoms with E-state index in [0.717, 1.165) is 28.4 Å². The van der Waals surface area contributed by atoms with Crippen LogP contribution in [-0.2, 0) is 0 Å². The van der Waals surface area contributed by atoms with Crippen molar-refractivity contribution in [2.75, 3.05) is 6.61 Å². The van der Waals surface area contributed by atoms with Gasteiger partial charge in [0, 0.05) is 17.8 Å². The fourth-order valence-electron chi connectivity index (χ4n) is 2.50. The Labute approximate surface area is 145 Å². The summed E-state index contributed by atoms with van der Waals surface area (Å²) in [5.41, 5.74) is 3.24. The highest BCUT2D eigenvalue weighted by atomic mass is 16.5. The number of hydrogen-bond donors (Lipinski definition) is 0. The minimum atomic E-state index is 0.368. The number of aliphatic imine (C=N–C) groups is 3. The van der Waals surface area contributed by atoms with Crippen LogP contribution in [0.3, 0.4) is 0 Å². The van der Waals surface area contributed by atoms with Crippen molar-refractivity contribution in [2.24, 2.45) is 15.0 Å². The molecule has 0 spiro atoms. The topological polar surface area (TPSA) is 55.5 Å². The summed E-state index contributed by atoms with van der Waals surface area (Å²) in [5, 5.41) is 0. The van der Waals surface area contributed by atoms with Gasteiger partial charge in [0.05, 0.1) is 23.4 Å². The molecule has 0 saturated carbocycles. The van der Waals surface area contributed by atoms with Gasteiger partial charge in [0.15, 0.2) is 0 Å². The quantitative estimate of drug-likeness (QED) is 0.727. The number of para-hydroxylation sites is 1. The van der Waals surface area contributed by atoms with Crippen molar-refractivity contribution in [3.05, 3.63) is 72.5 Å². The molecule has 122 valence electrons. The maximum Gasteiger partial charge on any atom is 0.130 e. The molecule has 0 amide bonds. The van der Waals surface area contributed by atoms with E-state index in [4.69, 9.17) is 9.47 Å². The van der Waals surface area contributed by atoms with Crippen LogP contribution in [0.15, 0.2) is 81.9 Å². The standard InChI is InChI=1S/C20H15N3O2/c1-2-7-20-18(6-1)19-8-10-21-14-22-15-4-3-5-17(12-15)24-11-9-16(23-19)13-25-20/h1-12,14H,13H2. The minimum absolute atomic E-state index is 0.368. The van der Waals surface area contributed by atoms with Gasteiger partial charge in [0.1, 0.15) is 24.4 Å². The highest BCUT2D eigenvalue weighted by molar-refractivity contribution is 6.02. The summed E-state index contributed by atoms with van der Waals surface area (Å²) in [6.07, 6.45) is 8.44. The van der Waals surface area contributed by atoms with Gasteiger partial charge in [-0.15, -0.1) is 0 Å². The number of hydrogen-bond acceptors (Lipinski definition) is 5. The molecule has 25 heavy (non-hydrogen) atoms. The molecule has 2 aromatic carbocycles. The predicted molar refractivity (Wildman–Crippen MR) is 100 cm³/mol. The third kappa shape index (κ3) is 3.55. The lowest BCUT2D eigenvalue weighted by atomic mass is 10.1. The van der Waals surface area contributed by atoms with E-state index in [1.54, 1.807) is 18.6 Å². The minimum Gasteiger partial charge on any atom is -0.487 e. The van der Waals surface area contributed by atoms with Crippen molar-refractivity contribution in [1.82, 2.24) is 0 Å². The smallest absolute Gasteiger partial charge is 0.130 e. The Morgan fingerprint density at radius 2 is 1.96 bits per heavy atom. The average Bonchev–Trinajstić information content (AvgIpc) is 2.81. The number of ether oxygens (including phenoxy) is 2. The molecule has 0 aliphatic carbocycles. The zero-order chi connectivity index (χ0) is 16.9. The van der Waals surface area contributed by atoms with Crippen molar-refractivity contribution in [2.45, 2.75) is 0 Å². The molecule has 2 aliphatic heterocycles. The van der Waals surface area contributed by atoms with Crippen molar-refractivity contribution >= 4 is 29.6 Å². The summed E-state index contributed by atoms with van der Waals surface area (Å²) in [5.74, 6) is 1.49. The average molecular weight is 329 g/mol. The van der Waals surface area contributed by atoms with Crippen LogP contribution in [-0.4, -0.2) is 24.9 Å². The molecule has 0 atom stereocenters. The van der Waals surface area contributed by atoms with E-state index in [0.29, 0.717) is 12.4 Å². The molecule has 2 heterocycles. The normalized spacial score (nSPS) is 15.7. The fraction of sp³-hybridized carbons (Fsp3) is 0.0500. The van der Waals surface area contributed by atoms with Gasteiger partial charge in [-0.25, -0.2) is 15.0 Å². The molecule has 5 nitrogen and oxygen atoms in total. The third-order valence-corrected chi connectivity index (χ3v) is 3.68. The number of rotatable bonds is 0. The largest absolute Gasteiger partial charge is 0.487 e. The molecular weight excluding hydrogens is 314 g/mol. The predicted octanol–water partition coefficient (Wildman–Crippen LogP) is 4.20. The first-order valence-corrected chi connectivity index (χ1v) is 7.87. The van der Waals surface area contributed by atoms with Crippen LogP contribution < -0.4 is 9.47 Å². The zero-order valence-electron chi connectivity index (χ0n) is 13.4. The van der Waals surface area contributed by atoms with E-state index in [1.165, 1.54) is 6.34 Å². The summed E-state index contributed by atoms with van der Waals surface area (Å²) in [7, 11) is 0. The molecule has 2 aliphatic rings. The molecule has 0 saturated heterocycles. The van der Waals surface area contributed by atoms with Gasteiger partial charge in [-0.2, -0.15) is 0 Å². The van der Waals surface area contributed by atoms with Gasteiger partial charge < -0.3 is 9.47 Å². The monoisotopic (exact) mass is 329 g/mol. The van der Waals surface area contributed by atoms with E-state index in [1.807, 2.05) is 54.6 Å². The fourth-order valence-corrected chi connectivity index (χ4v) is 2.50. The SMILES string of the molecule is C1=CC2=NC(=CC=NC=Nc3cccc(c3)O1)c1ccccc1OC2. The first-order chi connectivity index (χ1) is 12.4. The lowest BCUT2D eigenvalue weighted by molar-refractivity contribution is 0.378. The molecule has 0 fully saturated rings. The van der Waals surface area contributed by atoms with Crippen LogP contribution in [0, 0.1) is 0 Å². The molecular formula is C20H15N3O2. The second kappa shape index (κ2) is 6.97. The van der Waals surface area contributed by atoms with E-state index in [9.17, 15) is 0 Å². The molecule has 5 heteroatoms. The Balaban J connectivity index is 1.77. The van der Waals surface area contributed by atoms with Gasteiger partial charge in [0.2, 0.25) is 0 Å². The van der Waals surface area contributed by atoms with Crippen LogP contribution in [0.5, 0.6) is 11.5 Å². The molecule has 4 rings (SSSR count). The highest BCUT2D eigenvalue weighted by Crippen LogP contribution is 2.29. The Morgan fingerprint density at radius 3 is 2.96 bits per heavy atom. The number of benzene rings is 2. The Morgan fingerprint density at radius 1 is 1.00 bits per heavy atom. The van der Waals surface area contributed by atoms with Crippen LogP contribution in [0.25, 0.3) is 5.70 Å². The van der Waals surface area contributed by atoms with Gasteiger partial charge in [-0.3, -0.25) is 0 Å². The first-order valence-electron chi connectivity index (χ1n) is 7.87. The number of allylic oxidation sites excluding steroid dienone is 1. The van der Waals surface area contributed by atoms with Crippen molar-refractivity contribution < 1.29 is 9.47 Å². The molecule has 0 radical (unpaired) electrons. The van der Waals surface area contributed by atoms with E-state index in [-0.39, 0.29) is 0 Å². The van der Waals surface area contributed by atoms with Gasteiger partial charge in [0.25, 0.3) is 0 Å². The second-order valence-corrected chi connectivity index (χ2v) is 5.40. The van der Waals surface area contributed by atoms with Crippen LogP contribution in [0.1, 0.15) is 5.56 Å². The van der Waals surface area contributed by atoms with E-state index in [2.05, 4.69) is 15.0 Å². The van der Waals surface area contributed by atoms with Crippen LogP contribution in [0.4, 0.5) is 5.69 Å². The molecule has 4 bridgehead atoms. The lowest BCUT2D eigenvalue weighted by Crippen LogP contribution is -2.07. The zero-order valence-corrected chi connectivity index (χ0v) is 13.4. The van der Waals surface area contributed by atoms with Gasteiger partial charge >= 0.3 is 0 Å². The third-order valence-electron chi connectivity index (χ3n) is 3.68. The summed E-state index contributed by atoms with van der Waals surface area (Å²) >= 11 is 0. The maximum atomic E-state index is 5.86. The Kier molecular flexibility index (Phi) is 4.20. The molecule has 0 unspecified atom stereocenters. The van der Waals surface area contributed by atoms with E-state index >= 15 is 0 Å².